The number of nitrogens with zero attached hydrogens (tertiary/aromatic N) is 3. The van der Waals surface area contributed by atoms with E-state index in [0.717, 1.165) is 41.6 Å². The monoisotopic (exact) mass is 397 g/mol. The minimum absolute atomic E-state index is 0.367. The number of sulfonamides is 1. The topological polar surface area (TPSA) is 64.4 Å². The molecule has 6 nitrogen and oxygen atoms in total. The maximum Gasteiger partial charge on any atom is 0.243 e. The molecule has 0 spiro atoms. The van der Waals surface area contributed by atoms with Crippen molar-refractivity contribution in [2.24, 2.45) is 7.05 Å². The number of imidazole rings is 1. The molecule has 3 heterocycles. The molecule has 0 N–H and O–H groups in total. The second-order valence-corrected chi connectivity index (χ2v) is 9.59. The van der Waals surface area contributed by atoms with Crippen LogP contribution in [0.4, 0.5) is 0 Å². The number of aromatic nitrogens is 2. The average molecular weight is 398 g/mol. The molecule has 1 saturated heterocycles. The van der Waals surface area contributed by atoms with Gasteiger partial charge in [0, 0.05) is 26.6 Å². The predicted octanol–water partition coefficient (Wildman–Crippen LogP) is 3.08. The molecule has 0 amide bonds. The molecule has 2 aliphatic heterocycles. The molecule has 0 atom stereocenters. The van der Waals surface area contributed by atoms with Gasteiger partial charge in [-0.25, -0.2) is 13.4 Å². The van der Waals surface area contributed by atoms with Crippen molar-refractivity contribution in [2.75, 3.05) is 19.7 Å². The fraction of sp³-hybridized carbons (Fsp3) is 0.381. The van der Waals surface area contributed by atoms with Crippen molar-refractivity contribution in [3.63, 3.8) is 0 Å². The Balaban J connectivity index is 1.33. The van der Waals surface area contributed by atoms with E-state index in [1.54, 1.807) is 22.5 Å². The lowest BCUT2D eigenvalue weighted by atomic mass is 9.90. The summed E-state index contributed by atoms with van der Waals surface area (Å²) >= 11 is 0. The molecule has 146 valence electrons. The normalized spacial score (nSPS) is 18.3. The van der Waals surface area contributed by atoms with Gasteiger partial charge in [0.15, 0.2) is 0 Å². The molecular weight excluding hydrogens is 374 g/mol. The first-order valence-corrected chi connectivity index (χ1v) is 11.1. The van der Waals surface area contributed by atoms with Gasteiger partial charge in [0.25, 0.3) is 0 Å². The van der Waals surface area contributed by atoms with Gasteiger partial charge in [0.05, 0.1) is 28.9 Å². The number of rotatable bonds is 3. The summed E-state index contributed by atoms with van der Waals surface area (Å²) in [5, 5.41) is 0. The molecular formula is C21H23N3O3S. The summed E-state index contributed by atoms with van der Waals surface area (Å²) < 4.78 is 35.3. The average Bonchev–Trinajstić information content (AvgIpc) is 3.34. The Morgan fingerprint density at radius 2 is 1.93 bits per heavy atom. The smallest absolute Gasteiger partial charge is 0.243 e. The van der Waals surface area contributed by atoms with Gasteiger partial charge in [0.2, 0.25) is 10.0 Å². The van der Waals surface area contributed by atoms with Crippen LogP contribution < -0.4 is 4.74 Å². The quantitative estimate of drug-likeness (QED) is 0.681. The SMILES string of the molecule is Cn1cnc2cc(C3CCN(S(=O)(=O)c4ccc5c(c4)CCO5)CC3)ccc21. The molecule has 5 rings (SSSR count). The minimum atomic E-state index is -3.46. The molecule has 0 saturated carbocycles. The van der Waals surface area contributed by atoms with Crippen LogP contribution in [0, 0.1) is 0 Å². The van der Waals surface area contributed by atoms with Crippen molar-refractivity contribution in [1.82, 2.24) is 13.9 Å². The van der Waals surface area contributed by atoms with Crippen molar-refractivity contribution in [2.45, 2.75) is 30.1 Å². The number of hydrogen-bond donors (Lipinski definition) is 0. The van der Waals surface area contributed by atoms with E-state index >= 15 is 0 Å². The van der Waals surface area contributed by atoms with Gasteiger partial charge < -0.3 is 9.30 Å². The van der Waals surface area contributed by atoms with E-state index in [4.69, 9.17) is 4.74 Å². The standard InChI is InChI=1S/C21H23N3O3S/c1-23-14-22-19-13-16(2-4-20(19)23)15-6-9-24(10-7-15)28(25,26)18-3-5-21-17(12-18)8-11-27-21/h2-5,12-15H,6-11H2,1H3. The first kappa shape index (κ1) is 17.7. The molecule has 1 aromatic heterocycles. The maximum atomic E-state index is 13.1. The van der Waals surface area contributed by atoms with E-state index in [0.29, 0.717) is 30.5 Å². The van der Waals surface area contributed by atoms with Gasteiger partial charge in [-0.1, -0.05) is 6.07 Å². The number of fused-ring (bicyclic) bond motifs is 2. The van der Waals surface area contributed by atoms with Gasteiger partial charge in [-0.15, -0.1) is 0 Å². The summed E-state index contributed by atoms with van der Waals surface area (Å²) in [6, 6.07) is 11.6. The lowest BCUT2D eigenvalue weighted by Crippen LogP contribution is -2.37. The zero-order valence-electron chi connectivity index (χ0n) is 15.8. The molecule has 28 heavy (non-hydrogen) atoms. The number of aryl methyl sites for hydroxylation is 1. The summed E-state index contributed by atoms with van der Waals surface area (Å²) in [5.74, 6) is 1.17. The van der Waals surface area contributed by atoms with Crippen LogP contribution in [-0.4, -0.2) is 42.0 Å². The third-order valence-electron chi connectivity index (χ3n) is 5.97. The molecule has 0 bridgehead atoms. The van der Waals surface area contributed by atoms with Crippen LogP contribution in [-0.2, 0) is 23.5 Å². The van der Waals surface area contributed by atoms with Gasteiger partial charge in [-0.05, 0) is 60.2 Å². The van der Waals surface area contributed by atoms with E-state index in [2.05, 4.69) is 23.2 Å². The molecule has 3 aromatic rings. The first-order valence-electron chi connectivity index (χ1n) is 9.69. The second-order valence-electron chi connectivity index (χ2n) is 7.65. The Morgan fingerprint density at radius 3 is 2.75 bits per heavy atom. The van der Waals surface area contributed by atoms with Crippen LogP contribution in [0.2, 0.25) is 0 Å². The summed E-state index contributed by atoms with van der Waals surface area (Å²) in [6.45, 7) is 1.71. The number of ether oxygens (including phenoxy) is 1. The zero-order valence-corrected chi connectivity index (χ0v) is 16.7. The predicted molar refractivity (Wildman–Crippen MR) is 107 cm³/mol. The molecule has 0 unspecified atom stereocenters. The van der Waals surface area contributed by atoms with E-state index in [-0.39, 0.29) is 0 Å². The lowest BCUT2D eigenvalue weighted by molar-refractivity contribution is 0.319. The van der Waals surface area contributed by atoms with Gasteiger partial charge in [-0.3, -0.25) is 0 Å². The summed E-state index contributed by atoms with van der Waals surface area (Å²) in [4.78, 5) is 4.82. The van der Waals surface area contributed by atoms with Crippen LogP contribution in [0.5, 0.6) is 5.75 Å². The van der Waals surface area contributed by atoms with Crippen LogP contribution in [0.25, 0.3) is 11.0 Å². The van der Waals surface area contributed by atoms with Crippen molar-refractivity contribution in [1.29, 1.82) is 0 Å². The van der Waals surface area contributed by atoms with E-state index in [9.17, 15) is 8.42 Å². The second kappa shape index (κ2) is 6.60. The van der Waals surface area contributed by atoms with Gasteiger partial charge in [0.1, 0.15) is 5.75 Å². The molecule has 1 fully saturated rings. The highest BCUT2D eigenvalue weighted by atomic mass is 32.2. The van der Waals surface area contributed by atoms with Crippen molar-refractivity contribution in [3.8, 4) is 5.75 Å². The summed E-state index contributed by atoms with van der Waals surface area (Å²) in [5.41, 5.74) is 4.34. The summed E-state index contributed by atoms with van der Waals surface area (Å²) in [7, 11) is -1.47. The maximum absolute atomic E-state index is 13.1. The molecule has 7 heteroatoms. The van der Waals surface area contributed by atoms with Crippen LogP contribution in [0.1, 0.15) is 29.9 Å². The molecule has 0 radical (unpaired) electrons. The molecule has 2 aliphatic rings. The third kappa shape index (κ3) is 2.89. The Labute approximate surface area is 164 Å². The summed E-state index contributed by atoms with van der Waals surface area (Å²) in [6.07, 6.45) is 4.25. The van der Waals surface area contributed by atoms with E-state index in [1.165, 1.54) is 5.56 Å². The van der Waals surface area contributed by atoms with Gasteiger partial charge >= 0.3 is 0 Å². The fourth-order valence-electron chi connectivity index (χ4n) is 4.31. The van der Waals surface area contributed by atoms with E-state index < -0.39 is 10.0 Å². The lowest BCUT2D eigenvalue weighted by Gasteiger charge is -2.31. The minimum Gasteiger partial charge on any atom is -0.493 e. The van der Waals surface area contributed by atoms with Crippen LogP contribution >= 0.6 is 0 Å². The van der Waals surface area contributed by atoms with Crippen molar-refractivity contribution < 1.29 is 13.2 Å². The first-order chi connectivity index (χ1) is 13.5. The Bertz CT molecular complexity index is 1140. The fourth-order valence-corrected chi connectivity index (χ4v) is 5.83. The highest BCUT2D eigenvalue weighted by molar-refractivity contribution is 7.89. The molecule has 2 aromatic carbocycles. The van der Waals surface area contributed by atoms with Gasteiger partial charge in [-0.2, -0.15) is 4.31 Å². The Kier molecular flexibility index (Phi) is 4.17. The van der Waals surface area contributed by atoms with Crippen LogP contribution in [0.3, 0.4) is 0 Å². The number of hydrogen-bond acceptors (Lipinski definition) is 4. The largest absolute Gasteiger partial charge is 0.493 e. The third-order valence-corrected chi connectivity index (χ3v) is 7.87. The van der Waals surface area contributed by atoms with E-state index in [1.807, 2.05) is 17.9 Å². The highest BCUT2D eigenvalue weighted by Crippen LogP contribution is 2.33. The molecule has 0 aliphatic carbocycles. The number of benzene rings is 2. The van der Waals surface area contributed by atoms with Crippen molar-refractivity contribution >= 4 is 21.1 Å². The number of piperidine rings is 1. The highest BCUT2D eigenvalue weighted by Gasteiger charge is 2.31. The van der Waals surface area contributed by atoms with Crippen molar-refractivity contribution in [3.05, 3.63) is 53.9 Å². The Morgan fingerprint density at radius 1 is 1.11 bits per heavy atom. The van der Waals surface area contributed by atoms with Crippen LogP contribution in [0.15, 0.2) is 47.6 Å². The zero-order chi connectivity index (χ0) is 19.3. The Hall–Kier alpha value is -2.38.